The van der Waals surface area contributed by atoms with Crippen molar-refractivity contribution in [3.05, 3.63) is 0 Å². The summed E-state index contributed by atoms with van der Waals surface area (Å²) >= 11 is 0. The second-order valence-corrected chi connectivity index (χ2v) is 3.98. The van der Waals surface area contributed by atoms with Gasteiger partial charge in [-0.05, 0) is 13.8 Å². The van der Waals surface area contributed by atoms with Crippen LogP contribution in [0.2, 0.25) is 0 Å². The minimum Gasteiger partial charge on any atom is -0.461 e. The highest BCUT2D eigenvalue weighted by Gasteiger charge is 2.13. The molecular formula is C10H18N6O2. The number of nitrogens with zero attached hydrogens (tertiary/aromatic N) is 4. The van der Waals surface area contributed by atoms with Crippen molar-refractivity contribution in [1.82, 2.24) is 15.0 Å². The maximum Gasteiger partial charge on any atom is 0.323 e. The van der Waals surface area contributed by atoms with Gasteiger partial charge in [-0.15, -0.1) is 0 Å². The van der Waals surface area contributed by atoms with Crippen LogP contribution in [-0.2, 0) is 4.79 Å². The Morgan fingerprint density at radius 1 is 1.44 bits per heavy atom. The maximum absolute atomic E-state index is 10.9. The molecule has 18 heavy (non-hydrogen) atoms. The van der Waals surface area contributed by atoms with E-state index in [-0.39, 0.29) is 18.7 Å². The number of nitrogens with one attached hydrogen (secondary N) is 1. The molecule has 100 valence electrons. The van der Waals surface area contributed by atoms with E-state index in [1.165, 1.54) is 4.90 Å². The number of primary amides is 1. The zero-order valence-corrected chi connectivity index (χ0v) is 11.0. The summed E-state index contributed by atoms with van der Waals surface area (Å²) in [7, 11) is 3.35. The number of rotatable bonds is 6. The van der Waals surface area contributed by atoms with Crippen molar-refractivity contribution in [2.75, 3.05) is 30.9 Å². The van der Waals surface area contributed by atoms with Gasteiger partial charge in [0.15, 0.2) is 0 Å². The molecule has 0 atom stereocenters. The summed E-state index contributed by atoms with van der Waals surface area (Å²) in [5, 5.41) is 2.80. The first-order chi connectivity index (χ1) is 8.42. The van der Waals surface area contributed by atoms with E-state index < -0.39 is 5.91 Å². The van der Waals surface area contributed by atoms with Crippen molar-refractivity contribution in [2.24, 2.45) is 5.73 Å². The van der Waals surface area contributed by atoms with E-state index in [4.69, 9.17) is 10.5 Å². The van der Waals surface area contributed by atoms with Crippen LogP contribution in [0.3, 0.4) is 0 Å². The highest BCUT2D eigenvalue weighted by atomic mass is 16.5. The average molecular weight is 254 g/mol. The molecule has 0 fully saturated rings. The highest BCUT2D eigenvalue weighted by molar-refractivity contribution is 5.78. The number of nitrogens with two attached hydrogens (primary N) is 1. The lowest BCUT2D eigenvalue weighted by Gasteiger charge is -2.16. The van der Waals surface area contributed by atoms with Gasteiger partial charge in [0.05, 0.1) is 12.6 Å². The van der Waals surface area contributed by atoms with Gasteiger partial charge in [-0.3, -0.25) is 4.79 Å². The van der Waals surface area contributed by atoms with Crippen LogP contribution in [-0.4, -0.2) is 47.6 Å². The van der Waals surface area contributed by atoms with E-state index in [1.54, 1.807) is 14.1 Å². The zero-order chi connectivity index (χ0) is 13.7. The van der Waals surface area contributed by atoms with Crippen LogP contribution in [0.1, 0.15) is 13.8 Å². The van der Waals surface area contributed by atoms with E-state index in [0.29, 0.717) is 11.9 Å². The molecule has 1 amide bonds. The van der Waals surface area contributed by atoms with Crippen LogP contribution >= 0.6 is 0 Å². The van der Waals surface area contributed by atoms with Gasteiger partial charge < -0.3 is 20.7 Å². The van der Waals surface area contributed by atoms with E-state index in [2.05, 4.69) is 20.3 Å². The van der Waals surface area contributed by atoms with Crippen molar-refractivity contribution in [2.45, 2.75) is 20.0 Å². The Morgan fingerprint density at radius 2 is 2.11 bits per heavy atom. The third-order valence-corrected chi connectivity index (χ3v) is 1.90. The zero-order valence-electron chi connectivity index (χ0n) is 11.0. The van der Waals surface area contributed by atoms with E-state index in [1.807, 2.05) is 13.8 Å². The molecule has 0 aromatic carbocycles. The number of hydrogen-bond acceptors (Lipinski definition) is 7. The third-order valence-electron chi connectivity index (χ3n) is 1.90. The Balaban J connectivity index is 2.99. The molecule has 0 spiro atoms. The van der Waals surface area contributed by atoms with Crippen molar-refractivity contribution in [1.29, 1.82) is 0 Å². The van der Waals surface area contributed by atoms with Gasteiger partial charge in [0.1, 0.15) is 0 Å². The summed E-state index contributed by atoms with van der Waals surface area (Å²) in [6.07, 6.45) is -0.0496. The molecule has 0 saturated heterocycles. The van der Waals surface area contributed by atoms with Crippen LogP contribution in [0.4, 0.5) is 11.9 Å². The Morgan fingerprint density at radius 3 is 2.61 bits per heavy atom. The molecule has 8 nitrogen and oxygen atoms in total. The van der Waals surface area contributed by atoms with E-state index in [9.17, 15) is 4.79 Å². The molecule has 0 unspecified atom stereocenters. The van der Waals surface area contributed by atoms with Crippen LogP contribution in [0, 0.1) is 0 Å². The number of carbonyl (C=O) groups is 1. The molecule has 1 aromatic heterocycles. The van der Waals surface area contributed by atoms with Gasteiger partial charge in [-0.2, -0.15) is 15.0 Å². The molecule has 0 radical (unpaired) electrons. The molecule has 0 aliphatic heterocycles. The molecule has 0 aliphatic carbocycles. The minimum absolute atomic E-state index is 0.0221. The van der Waals surface area contributed by atoms with Crippen molar-refractivity contribution in [3.63, 3.8) is 0 Å². The Bertz CT molecular complexity index is 423. The summed E-state index contributed by atoms with van der Waals surface area (Å²) in [5.74, 6) is 0.228. The standard InChI is InChI=1S/C10H18N6O2/c1-6(2)18-10-14-8(12-3)13-9(15-10)16(4)5-7(11)17/h6H,5H2,1-4H3,(H2,11,17)(H,12,13,14,15). The highest BCUT2D eigenvalue weighted by Crippen LogP contribution is 2.14. The van der Waals surface area contributed by atoms with Gasteiger partial charge in [0.2, 0.25) is 17.8 Å². The summed E-state index contributed by atoms with van der Waals surface area (Å²) in [6, 6.07) is 0.204. The summed E-state index contributed by atoms with van der Waals surface area (Å²) < 4.78 is 5.41. The Kier molecular flexibility index (Phi) is 4.64. The largest absolute Gasteiger partial charge is 0.461 e. The van der Waals surface area contributed by atoms with Crippen LogP contribution in [0.5, 0.6) is 6.01 Å². The second-order valence-electron chi connectivity index (χ2n) is 3.98. The Hall–Kier alpha value is -2.12. The maximum atomic E-state index is 10.9. The van der Waals surface area contributed by atoms with Crippen molar-refractivity contribution in [3.8, 4) is 6.01 Å². The number of carbonyl (C=O) groups excluding carboxylic acids is 1. The van der Waals surface area contributed by atoms with Gasteiger partial charge in [-0.25, -0.2) is 0 Å². The second kappa shape index (κ2) is 5.99. The van der Waals surface area contributed by atoms with E-state index in [0.717, 1.165) is 0 Å². The van der Waals surface area contributed by atoms with E-state index >= 15 is 0 Å². The first-order valence-corrected chi connectivity index (χ1v) is 5.52. The fraction of sp³-hybridized carbons (Fsp3) is 0.600. The molecule has 0 bridgehead atoms. The van der Waals surface area contributed by atoms with Crippen LogP contribution < -0.4 is 20.7 Å². The fourth-order valence-electron chi connectivity index (χ4n) is 1.20. The van der Waals surface area contributed by atoms with Gasteiger partial charge in [0, 0.05) is 14.1 Å². The number of hydrogen-bond donors (Lipinski definition) is 2. The first-order valence-electron chi connectivity index (χ1n) is 5.52. The predicted molar refractivity (Wildman–Crippen MR) is 67.6 cm³/mol. The van der Waals surface area contributed by atoms with Gasteiger partial charge >= 0.3 is 6.01 Å². The van der Waals surface area contributed by atoms with Gasteiger partial charge in [-0.1, -0.05) is 0 Å². The monoisotopic (exact) mass is 254 g/mol. The smallest absolute Gasteiger partial charge is 0.323 e. The molecule has 1 heterocycles. The lowest BCUT2D eigenvalue weighted by Crippen LogP contribution is -2.32. The summed E-state index contributed by atoms with van der Waals surface area (Å²) in [6.45, 7) is 3.76. The molecule has 1 aromatic rings. The fourth-order valence-corrected chi connectivity index (χ4v) is 1.20. The topological polar surface area (TPSA) is 106 Å². The average Bonchev–Trinajstić information content (AvgIpc) is 2.26. The molecule has 0 saturated carbocycles. The minimum atomic E-state index is -0.463. The molecule has 8 heteroatoms. The molecule has 3 N–H and O–H groups in total. The summed E-state index contributed by atoms with van der Waals surface area (Å²) in [4.78, 5) is 24.7. The van der Waals surface area contributed by atoms with Crippen LogP contribution in [0.25, 0.3) is 0 Å². The van der Waals surface area contributed by atoms with Crippen molar-refractivity contribution < 1.29 is 9.53 Å². The van der Waals surface area contributed by atoms with Crippen LogP contribution in [0.15, 0.2) is 0 Å². The molecule has 0 aliphatic rings. The number of ether oxygens (including phenoxy) is 1. The predicted octanol–water partition coefficient (Wildman–Crippen LogP) is -0.378. The third kappa shape index (κ3) is 4.04. The molecular weight excluding hydrogens is 236 g/mol. The quantitative estimate of drug-likeness (QED) is 0.712. The van der Waals surface area contributed by atoms with Crippen molar-refractivity contribution >= 4 is 17.8 Å². The lowest BCUT2D eigenvalue weighted by molar-refractivity contribution is -0.116. The Labute approximate surface area is 106 Å². The van der Waals surface area contributed by atoms with Gasteiger partial charge in [0.25, 0.3) is 0 Å². The SMILES string of the molecule is CNc1nc(OC(C)C)nc(N(C)CC(N)=O)n1. The number of anilines is 2. The normalized spacial score (nSPS) is 10.3. The number of likely N-dealkylation sites (N-methyl/N-ethyl adjacent to an activating group) is 1. The lowest BCUT2D eigenvalue weighted by atomic mass is 10.5. The number of aromatic nitrogens is 3. The first kappa shape index (κ1) is 13.9. The molecule has 1 rings (SSSR count). The number of amides is 1. The summed E-state index contributed by atoms with van der Waals surface area (Å²) in [5.41, 5.74) is 5.12.